The molecular weight excluding hydrogens is 320 g/mol. The van der Waals surface area contributed by atoms with Gasteiger partial charge in [-0.15, -0.1) is 0 Å². The predicted octanol–water partition coefficient (Wildman–Crippen LogP) is 6.14. The number of rotatable bonds is 21. The zero-order valence-corrected chi connectivity index (χ0v) is 17.6. The van der Waals surface area contributed by atoms with E-state index in [9.17, 15) is 4.79 Å². The highest BCUT2D eigenvalue weighted by Crippen LogP contribution is 2.13. The van der Waals surface area contributed by atoms with E-state index >= 15 is 0 Å². The third kappa shape index (κ3) is 21.2. The van der Waals surface area contributed by atoms with Crippen LogP contribution >= 0.6 is 0 Å². The van der Waals surface area contributed by atoms with Crippen LogP contribution in [0, 0.1) is 0 Å². The topological polar surface area (TPSA) is 41.1 Å². The highest BCUT2D eigenvalue weighted by molar-refractivity contribution is 5.86. The van der Waals surface area contributed by atoms with Crippen molar-refractivity contribution < 1.29 is 4.79 Å². The minimum Gasteiger partial charge on any atom is -0.351 e. The van der Waals surface area contributed by atoms with E-state index in [1.807, 2.05) is 0 Å². The lowest BCUT2D eigenvalue weighted by molar-refractivity contribution is -0.116. The lowest BCUT2D eigenvalue weighted by Crippen LogP contribution is -2.31. The van der Waals surface area contributed by atoms with Gasteiger partial charge in [-0.3, -0.25) is 4.79 Å². The molecule has 0 unspecified atom stereocenters. The molecule has 0 saturated heterocycles. The normalized spacial score (nSPS) is 10.8. The van der Waals surface area contributed by atoms with Crippen LogP contribution < -0.4 is 10.6 Å². The number of amides is 1. The Bertz CT molecular complexity index is 305. The lowest BCUT2D eigenvalue weighted by atomic mass is 10.0. The maximum Gasteiger partial charge on any atom is 0.243 e. The van der Waals surface area contributed by atoms with Crippen molar-refractivity contribution in [3.05, 3.63) is 12.7 Å². The molecule has 3 nitrogen and oxygen atoms in total. The first kappa shape index (κ1) is 25.2. The molecule has 0 aromatic carbocycles. The molecule has 0 aromatic heterocycles. The van der Waals surface area contributed by atoms with E-state index in [0.717, 1.165) is 13.1 Å². The van der Waals surface area contributed by atoms with Crippen LogP contribution in [-0.4, -0.2) is 25.5 Å². The molecule has 154 valence electrons. The second-order valence-corrected chi connectivity index (χ2v) is 7.55. The number of nitrogens with one attached hydrogen (secondary N) is 2. The van der Waals surface area contributed by atoms with Crippen molar-refractivity contribution >= 4 is 5.91 Å². The molecule has 0 rings (SSSR count). The highest BCUT2D eigenvalue weighted by atomic mass is 16.1. The molecule has 0 bridgehead atoms. The van der Waals surface area contributed by atoms with Crippen LogP contribution in [0.2, 0.25) is 0 Å². The van der Waals surface area contributed by atoms with E-state index in [1.54, 1.807) is 0 Å². The molecule has 0 fully saturated rings. The Morgan fingerprint density at radius 2 is 1.08 bits per heavy atom. The highest BCUT2D eigenvalue weighted by Gasteiger charge is 1.95. The fraction of sp³-hybridized carbons (Fsp3) is 0.870. The molecule has 0 aliphatic carbocycles. The molecule has 0 aliphatic heterocycles. The van der Waals surface area contributed by atoms with Gasteiger partial charge in [-0.25, -0.2) is 0 Å². The van der Waals surface area contributed by atoms with Crippen molar-refractivity contribution in [3.8, 4) is 0 Å². The molecule has 0 radical (unpaired) electrons. The van der Waals surface area contributed by atoms with Gasteiger partial charge in [0.05, 0.1) is 0 Å². The van der Waals surface area contributed by atoms with Gasteiger partial charge in [-0.05, 0) is 19.0 Å². The second kappa shape index (κ2) is 22.2. The summed E-state index contributed by atoms with van der Waals surface area (Å²) in [5.41, 5.74) is 0. The van der Waals surface area contributed by atoms with E-state index in [4.69, 9.17) is 0 Å². The van der Waals surface area contributed by atoms with Crippen molar-refractivity contribution in [2.45, 2.75) is 110 Å². The zero-order chi connectivity index (χ0) is 19.1. The maximum atomic E-state index is 10.9. The summed E-state index contributed by atoms with van der Waals surface area (Å²) in [5.74, 6) is -0.0887. The van der Waals surface area contributed by atoms with E-state index < -0.39 is 0 Å². The van der Waals surface area contributed by atoms with Gasteiger partial charge in [0.2, 0.25) is 5.91 Å². The van der Waals surface area contributed by atoms with Crippen LogP contribution in [0.5, 0.6) is 0 Å². The fourth-order valence-corrected chi connectivity index (χ4v) is 3.27. The molecule has 0 aromatic rings. The van der Waals surface area contributed by atoms with E-state index in [1.165, 1.54) is 109 Å². The molecule has 0 saturated carbocycles. The summed E-state index contributed by atoms with van der Waals surface area (Å²) < 4.78 is 0. The van der Waals surface area contributed by atoms with Crippen LogP contribution in [-0.2, 0) is 4.79 Å². The Kier molecular flexibility index (Phi) is 21.5. The summed E-state index contributed by atoms with van der Waals surface area (Å²) in [7, 11) is 0. The lowest BCUT2D eigenvalue weighted by Gasteiger charge is -2.06. The molecule has 0 spiro atoms. The summed E-state index contributed by atoms with van der Waals surface area (Å²) in [6.45, 7) is 8.30. The first-order chi connectivity index (χ1) is 12.8. The Labute approximate surface area is 163 Å². The number of hydrogen-bond donors (Lipinski definition) is 2. The average molecular weight is 367 g/mol. The van der Waals surface area contributed by atoms with Crippen molar-refractivity contribution in [1.82, 2.24) is 10.6 Å². The monoisotopic (exact) mass is 366 g/mol. The van der Waals surface area contributed by atoms with Gasteiger partial charge >= 0.3 is 0 Å². The number of hydrogen-bond acceptors (Lipinski definition) is 2. The average Bonchev–Trinajstić information content (AvgIpc) is 2.66. The zero-order valence-electron chi connectivity index (χ0n) is 17.6. The van der Waals surface area contributed by atoms with Gasteiger partial charge in [0.15, 0.2) is 0 Å². The molecule has 0 atom stereocenters. The van der Waals surface area contributed by atoms with Gasteiger partial charge in [-0.1, -0.05) is 110 Å². The number of carbonyl (C=O) groups is 1. The van der Waals surface area contributed by atoms with E-state index in [2.05, 4.69) is 24.1 Å². The standard InChI is InChI=1S/C23H46N2O/c1-3-5-6-7-8-9-10-11-12-13-14-15-16-17-18-19-20-24-21-22-25-23(26)4-2/h4,24H,2-3,5-22H2,1H3,(H,25,26). The molecule has 2 N–H and O–H groups in total. The summed E-state index contributed by atoms with van der Waals surface area (Å²) in [4.78, 5) is 10.9. The van der Waals surface area contributed by atoms with Gasteiger partial charge in [0.1, 0.15) is 0 Å². The first-order valence-electron chi connectivity index (χ1n) is 11.4. The van der Waals surface area contributed by atoms with Crippen LogP contribution in [0.1, 0.15) is 110 Å². The maximum absolute atomic E-state index is 10.9. The van der Waals surface area contributed by atoms with Gasteiger partial charge < -0.3 is 10.6 Å². The summed E-state index contributed by atoms with van der Waals surface area (Å²) in [6.07, 6.45) is 23.9. The SMILES string of the molecule is C=CC(=O)NCCNCCCCCCCCCCCCCCCCCC. The Morgan fingerprint density at radius 3 is 1.50 bits per heavy atom. The number of unbranched alkanes of at least 4 members (excludes halogenated alkanes) is 15. The third-order valence-corrected chi connectivity index (χ3v) is 4.99. The minimum atomic E-state index is -0.0887. The Morgan fingerprint density at radius 1 is 0.654 bits per heavy atom. The van der Waals surface area contributed by atoms with Crippen LogP contribution in [0.15, 0.2) is 12.7 Å². The third-order valence-electron chi connectivity index (χ3n) is 4.99. The Hall–Kier alpha value is -0.830. The van der Waals surface area contributed by atoms with Crippen molar-refractivity contribution in [2.75, 3.05) is 19.6 Å². The van der Waals surface area contributed by atoms with Crippen molar-refractivity contribution in [3.63, 3.8) is 0 Å². The predicted molar refractivity (Wildman–Crippen MR) is 116 cm³/mol. The molecule has 3 heteroatoms. The second-order valence-electron chi connectivity index (χ2n) is 7.55. The van der Waals surface area contributed by atoms with Crippen LogP contribution in [0.3, 0.4) is 0 Å². The summed E-state index contributed by atoms with van der Waals surface area (Å²) in [5, 5.41) is 6.14. The Balaban J connectivity index is 3.01. The number of carbonyl (C=O) groups excluding carboxylic acids is 1. The molecule has 0 heterocycles. The van der Waals surface area contributed by atoms with E-state index in [-0.39, 0.29) is 5.91 Å². The molecule has 1 amide bonds. The first-order valence-corrected chi connectivity index (χ1v) is 11.4. The molecule has 0 aliphatic rings. The molecule has 26 heavy (non-hydrogen) atoms. The smallest absolute Gasteiger partial charge is 0.243 e. The van der Waals surface area contributed by atoms with Gasteiger partial charge in [0.25, 0.3) is 0 Å². The van der Waals surface area contributed by atoms with Crippen LogP contribution in [0.25, 0.3) is 0 Å². The van der Waals surface area contributed by atoms with Gasteiger partial charge in [0, 0.05) is 13.1 Å². The quantitative estimate of drug-likeness (QED) is 0.189. The molecular formula is C23H46N2O. The van der Waals surface area contributed by atoms with Crippen molar-refractivity contribution in [1.29, 1.82) is 0 Å². The van der Waals surface area contributed by atoms with Crippen LogP contribution in [0.4, 0.5) is 0 Å². The van der Waals surface area contributed by atoms with Crippen molar-refractivity contribution in [2.24, 2.45) is 0 Å². The van der Waals surface area contributed by atoms with E-state index in [0.29, 0.717) is 6.54 Å². The largest absolute Gasteiger partial charge is 0.351 e. The van der Waals surface area contributed by atoms with Gasteiger partial charge in [-0.2, -0.15) is 0 Å². The minimum absolute atomic E-state index is 0.0887. The summed E-state index contributed by atoms with van der Waals surface area (Å²) in [6, 6.07) is 0. The fourth-order valence-electron chi connectivity index (χ4n) is 3.27. The summed E-state index contributed by atoms with van der Waals surface area (Å²) >= 11 is 0.